The van der Waals surface area contributed by atoms with Gasteiger partial charge in [-0.15, -0.1) is 11.3 Å². The molecule has 0 bridgehead atoms. The fourth-order valence-electron chi connectivity index (χ4n) is 2.09. The largest absolute Gasteiger partial charge is 0.494 e. The normalized spacial score (nSPS) is 21.9. The van der Waals surface area contributed by atoms with Crippen molar-refractivity contribution in [2.75, 3.05) is 20.2 Å². The highest BCUT2D eigenvalue weighted by atomic mass is 32.2. The summed E-state index contributed by atoms with van der Waals surface area (Å²) in [5.74, 6) is 0.415. The van der Waals surface area contributed by atoms with Gasteiger partial charge < -0.3 is 10.5 Å². The first-order valence-electron chi connectivity index (χ1n) is 5.44. The number of ether oxygens (including phenoxy) is 1. The van der Waals surface area contributed by atoms with Gasteiger partial charge >= 0.3 is 0 Å². The van der Waals surface area contributed by atoms with Gasteiger partial charge in [0, 0.05) is 19.1 Å². The zero-order chi connectivity index (χ0) is 12.5. The van der Waals surface area contributed by atoms with E-state index in [0.29, 0.717) is 18.8 Å². The van der Waals surface area contributed by atoms with Crippen LogP contribution in [-0.4, -0.2) is 39.0 Å². The minimum absolute atomic E-state index is 0.0770. The molecule has 96 valence electrons. The van der Waals surface area contributed by atoms with Gasteiger partial charge in [0.05, 0.1) is 7.11 Å². The molecule has 1 fully saturated rings. The minimum atomic E-state index is -3.45. The van der Waals surface area contributed by atoms with Crippen LogP contribution < -0.4 is 10.5 Å². The third-order valence-electron chi connectivity index (χ3n) is 2.95. The molecule has 0 amide bonds. The molecule has 2 rings (SSSR count). The predicted molar refractivity (Wildman–Crippen MR) is 66.8 cm³/mol. The summed E-state index contributed by atoms with van der Waals surface area (Å²) in [6, 6.07) is 1.59. The monoisotopic (exact) mass is 276 g/mol. The molecule has 2 heterocycles. The van der Waals surface area contributed by atoms with Gasteiger partial charge in [-0.25, -0.2) is 8.42 Å². The van der Waals surface area contributed by atoms with Gasteiger partial charge in [-0.05, 0) is 24.3 Å². The first kappa shape index (κ1) is 12.8. The van der Waals surface area contributed by atoms with E-state index in [9.17, 15) is 8.42 Å². The van der Waals surface area contributed by atoms with Crippen LogP contribution in [0.4, 0.5) is 0 Å². The van der Waals surface area contributed by atoms with E-state index >= 15 is 0 Å². The van der Waals surface area contributed by atoms with E-state index in [4.69, 9.17) is 10.5 Å². The van der Waals surface area contributed by atoms with Crippen LogP contribution in [0.2, 0.25) is 0 Å². The summed E-state index contributed by atoms with van der Waals surface area (Å²) in [7, 11) is -1.97. The maximum absolute atomic E-state index is 12.4. The van der Waals surface area contributed by atoms with Crippen LogP contribution in [-0.2, 0) is 10.0 Å². The lowest BCUT2D eigenvalue weighted by atomic mass is 10.2. The van der Waals surface area contributed by atoms with Crippen LogP contribution in [0.15, 0.2) is 15.7 Å². The molecule has 7 heteroatoms. The van der Waals surface area contributed by atoms with Gasteiger partial charge in [0.2, 0.25) is 0 Å². The Labute approximate surface area is 105 Å². The molecule has 1 atom stereocenters. The quantitative estimate of drug-likeness (QED) is 0.885. The lowest BCUT2D eigenvalue weighted by Gasteiger charge is -2.22. The molecule has 2 N–H and O–H groups in total. The van der Waals surface area contributed by atoms with Crippen LogP contribution in [0, 0.1) is 0 Å². The van der Waals surface area contributed by atoms with E-state index in [0.717, 1.165) is 12.8 Å². The Hall–Kier alpha value is -0.630. The molecule has 1 aromatic heterocycles. The lowest BCUT2D eigenvalue weighted by molar-refractivity contribution is 0.382. The second kappa shape index (κ2) is 4.93. The predicted octanol–water partition coefficient (Wildman–Crippen LogP) is 0.869. The Kier molecular flexibility index (Phi) is 3.72. The second-order valence-electron chi connectivity index (χ2n) is 3.92. The Morgan fingerprint density at radius 3 is 3.06 bits per heavy atom. The Bertz CT molecular complexity index is 483. The van der Waals surface area contributed by atoms with E-state index in [-0.39, 0.29) is 10.3 Å². The molecular formula is C10H16N2O3S2. The fourth-order valence-corrected chi connectivity index (χ4v) is 5.19. The first-order valence-corrected chi connectivity index (χ1v) is 7.76. The maximum Gasteiger partial charge on any atom is 0.256 e. The van der Waals surface area contributed by atoms with E-state index in [1.807, 2.05) is 0 Å². The number of hydrogen-bond acceptors (Lipinski definition) is 5. The summed E-state index contributed by atoms with van der Waals surface area (Å²) < 4.78 is 31.7. The van der Waals surface area contributed by atoms with Crippen molar-refractivity contribution in [2.45, 2.75) is 23.1 Å². The van der Waals surface area contributed by atoms with E-state index < -0.39 is 10.0 Å². The lowest BCUT2D eigenvalue weighted by Crippen LogP contribution is -2.39. The van der Waals surface area contributed by atoms with Crippen LogP contribution in [0.3, 0.4) is 0 Å². The van der Waals surface area contributed by atoms with E-state index in [1.54, 1.807) is 11.4 Å². The second-order valence-corrected chi connectivity index (χ2v) is 6.93. The number of rotatable bonds is 4. The number of thiophene rings is 1. The molecule has 1 aliphatic heterocycles. The Morgan fingerprint density at radius 1 is 1.65 bits per heavy atom. The summed E-state index contributed by atoms with van der Waals surface area (Å²) in [5.41, 5.74) is 5.61. The highest BCUT2D eigenvalue weighted by molar-refractivity contribution is 7.91. The molecule has 1 aliphatic rings. The van der Waals surface area contributed by atoms with Gasteiger partial charge in [0.25, 0.3) is 10.0 Å². The number of methoxy groups -OCH3 is 1. The summed E-state index contributed by atoms with van der Waals surface area (Å²) >= 11 is 1.18. The molecule has 17 heavy (non-hydrogen) atoms. The molecule has 1 saturated heterocycles. The number of nitrogens with zero attached hydrogens (tertiary/aromatic N) is 1. The summed E-state index contributed by atoms with van der Waals surface area (Å²) in [5, 5.41) is 1.72. The van der Waals surface area contributed by atoms with Gasteiger partial charge in [-0.2, -0.15) is 4.31 Å². The molecule has 1 aromatic rings. The topological polar surface area (TPSA) is 72.6 Å². The molecule has 0 saturated carbocycles. The Balaban J connectivity index is 2.36. The molecule has 5 nitrogen and oxygen atoms in total. The zero-order valence-corrected chi connectivity index (χ0v) is 11.3. The standard InChI is InChI=1S/C10H16N2O3S2/c1-15-9-4-6-16-10(9)17(13,14)12-5-2-3-8(12)7-11/h4,6,8H,2-3,5,7,11H2,1H3/t8-/m1/s1. The molecule has 0 aromatic carbocycles. The average Bonchev–Trinajstić information content (AvgIpc) is 2.97. The minimum Gasteiger partial charge on any atom is -0.494 e. The maximum atomic E-state index is 12.4. The summed E-state index contributed by atoms with van der Waals surface area (Å²) in [4.78, 5) is 0. The van der Waals surface area contributed by atoms with Crippen molar-refractivity contribution in [3.05, 3.63) is 11.4 Å². The van der Waals surface area contributed by atoms with Crippen LogP contribution >= 0.6 is 11.3 Å². The van der Waals surface area contributed by atoms with E-state index in [1.165, 1.54) is 22.8 Å². The molecule has 0 radical (unpaired) electrons. The smallest absolute Gasteiger partial charge is 0.256 e. The molecule has 0 unspecified atom stereocenters. The van der Waals surface area contributed by atoms with E-state index in [2.05, 4.69) is 0 Å². The van der Waals surface area contributed by atoms with Crippen LogP contribution in [0.25, 0.3) is 0 Å². The zero-order valence-electron chi connectivity index (χ0n) is 9.63. The highest BCUT2D eigenvalue weighted by Crippen LogP contribution is 2.34. The average molecular weight is 276 g/mol. The van der Waals surface area contributed by atoms with Crippen molar-refractivity contribution in [3.63, 3.8) is 0 Å². The van der Waals surface area contributed by atoms with Crippen LogP contribution in [0.1, 0.15) is 12.8 Å². The SMILES string of the molecule is COc1ccsc1S(=O)(=O)N1CCC[C@@H]1CN. The Morgan fingerprint density at radius 2 is 2.41 bits per heavy atom. The summed E-state index contributed by atoms with van der Waals surface area (Å²) in [6.07, 6.45) is 1.71. The van der Waals surface area contributed by atoms with Crippen LogP contribution in [0.5, 0.6) is 5.75 Å². The van der Waals surface area contributed by atoms with Crippen molar-refractivity contribution >= 4 is 21.4 Å². The van der Waals surface area contributed by atoms with Gasteiger partial charge in [-0.1, -0.05) is 0 Å². The van der Waals surface area contributed by atoms with Gasteiger partial charge in [-0.3, -0.25) is 0 Å². The van der Waals surface area contributed by atoms with Crippen molar-refractivity contribution < 1.29 is 13.2 Å². The fraction of sp³-hybridized carbons (Fsp3) is 0.600. The van der Waals surface area contributed by atoms with Gasteiger partial charge in [0.15, 0.2) is 4.21 Å². The highest BCUT2D eigenvalue weighted by Gasteiger charge is 2.36. The van der Waals surface area contributed by atoms with Crippen molar-refractivity contribution in [2.24, 2.45) is 5.73 Å². The molecule has 0 spiro atoms. The van der Waals surface area contributed by atoms with Crippen molar-refractivity contribution in [3.8, 4) is 5.75 Å². The number of nitrogens with two attached hydrogens (primary N) is 1. The van der Waals surface area contributed by atoms with Crippen molar-refractivity contribution in [1.82, 2.24) is 4.31 Å². The number of hydrogen-bond donors (Lipinski definition) is 1. The first-order chi connectivity index (χ1) is 8.11. The molecule has 0 aliphatic carbocycles. The third-order valence-corrected chi connectivity index (χ3v) is 6.33. The summed E-state index contributed by atoms with van der Waals surface area (Å²) in [6.45, 7) is 0.915. The van der Waals surface area contributed by atoms with Gasteiger partial charge in [0.1, 0.15) is 5.75 Å². The third kappa shape index (κ3) is 2.20. The molecular weight excluding hydrogens is 260 g/mol. The number of sulfonamides is 1. The van der Waals surface area contributed by atoms with Crippen molar-refractivity contribution in [1.29, 1.82) is 0 Å².